The summed E-state index contributed by atoms with van der Waals surface area (Å²) < 4.78 is 0. The Balaban J connectivity index is 1.89. The molecule has 0 radical (unpaired) electrons. The second-order valence-corrected chi connectivity index (χ2v) is 6.43. The summed E-state index contributed by atoms with van der Waals surface area (Å²) in [5.41, 5.74) is 0.482. The highest BCUT2D eigenvalue weighted by atomic mass is 16.2. The fourth-order valence-electron chi connectivity index (χ4n) is 2.89. The predicted octanol–water partition coefficient (Wildman–Crippen LogP) is 1.54. The van der Waals surface area contributed by atoms with E-state index >= 15 is 0 Å². The summed E-state index contributed by atoms with van der Waals surface area (Å²) in [4.78, 5) is 12.1. The first-order chi connectivity index (χ1) is 7.37. The molecule has 1 saturated carbocycles. The van der Waals surface area contributed by atoms with Crippen LogP contribution in [0.4, 0.5) is 0 Å². The molecule has 0 spiro atoms. The Bertz CT molecular complexity index is 276. The van der Waals surface area contributed by atoms with Crippen LogP contribution in [-0.4, -0.2) is 25.0 Å². The molecule has 0 aromatic rings. The first kappa shape index (κ1) is 11.9. The van der Waals surface area contributed by atoms with Gasteiger partial charge in [0.25, 0.3) is 0 Å². The monoisotopic (exact) mass is 224 g/mol. The minimum absolute atomic E-state index is 0.181. The number of amides is 1. The van der Waals surface area contributed by atoms with E-state index in [9.17, 15) is 4.79 Å². The minimum Gasteiger partial charge on any atom is -0.352 e. The Kier molecular flexibility index (Phi) is 2.77. The van der Waals surface area contributed by atoms with Crippen LogP contribution in [0.15, 0.2) is 0 Å². The maximum Gasteiger partial charge on any atom is 0.224 e. The highest BCUT2D eigenvalue weighted by Gasteiger charge is 2.65. The minimum atomic E-state index is 0.181. The van der Waals surface area contributed by atoms with Crippen LogP contribution in [0.1, 0.15) is 40.5 Å². The number of rotatable bonds is 2. The molecule has 2 aliphatic rings. The lowest BCUT2D eigenvalue weighted by Crippen LogP contribution is -2.42. The van der Waals surface area contributed by atoms with E-state index < -0.39 is 0 Å². The lowest BCUT2D eigenvalue weighted by Gasteiger charge is -2.22. The van der Waals surface area contributed by atoms with Crippen molar-refractivity contribution in [1.29, 1.82) is 0 Å². The maximum absolute atomic E-state index is 12.1. The van der Waals surface area contributed by atoms with Crippen molar-refractivity contribution in [3.63, 3.8) is 0 Å². The van der Waals surface area contributed by atoms with Gasteiger partial charge < -0.3 is 10.6 Å². The molecule has 2 N–H and O–H groups in total. The molecule has 3 nitrogen and oxygen atoms in total. The van der Waals surface area contributed by atoms with Crippen LogP contribution in [0, 0.1) is 16.7 Å². The van der Waals surface area contributed by atoms with Gasteiger partial charge in [-0.15, -0.1) is 0 Å². The molecule has 0 aromatic heterocycles. The zero-order valence-corrected chi connectivity index (χ0v) is 10.9. The lowest BCUT2D eigenvalue weighted by molar-refractivity contribution is -0.125. The van der Waals surface area contributed by atoms with E-state index in [2.05, 4.69) is 38.3 Å². The van der Waals surface area contributed by atoms with Crippen LogP contribution in [-0.2, 0) is 4.79 Å². The lowest BCUT2D eigenvalue weighted by atomic mass is 9.99. The average Bonchev–Trinajstić information content (AvgIpc) is 2.62. The number of carbonyl (C=O) groups excluding carboxylic acids is 1. The van der Waals surface area contributed by atoms with Gasteiger partial charge in [0.1, 0.15) is 0 Å². The molecule has 1 saturated heterocycles. The van der Waals surface area contributed by atoms with E-state index in [0.29, 0.717) is 6.04 Å². The number of nitrogens with one attached hydrogen (secondary N) is 2. The fourth-order valence-corrected chi connectivity index (χ4v) is 2.89. The molecule has 1 atom stereocenters. The Morgan fingerprint density at radius 3 is 2.31 bits per heavy atom. The zero-order chi connectivity index (χ0) is 12.0. The van der Waals surface area contributed by atoms with Gasteiger partial charge in [0, 0.05) is 12.6 Å². The van der Waals surface area contributed by atoms with Crippen molar-refractivity contribution in [3.8, 4) is 0 Å². The molecular weight excluding hydrogens is 200 g/mol. The van der Waals surface area contributed by atoms with E-state index in [1.165, 1.54) is 0 Å². The number of hydrogen-bond donors (Lipinski definition) is 2. The van der Waals surface area contributed by atoms with Crippen LogP contribution < -0.4 is 10.6 Å². The van der Waals surface area contributed by atoms with Crippen LogP contribution in [0.25, 0.3) is 0 Å². The Morgan fingerprint density at radius 2 is 1.88 bits per heavy atom. The maximum atomic E-state index is 12.1. The summed E-state index contributed by atoms with van der Waals surface area (Å²) in [7, 11) is 0. The van der Waals surface area contributed by atoms with Gasteiger partial charge in [0.05, 0.1) is 5.92 Å². The normalized spacial score (nSPS) is 32.1. The number of piperidine rings is 1. The molecule has 0 aromatic carbocycles. The second kappa shape index (κ2) is 3.73. The van der Waals surface area contributed by atoms with Gasteiger partial charge in [-0.05, 0) is 30.2 Å². The van der Waals surface area contributed by atoms with Gasteiger partial charge in [0.2, 0.25) is 5.91 Å². The predicted molar refractivity (Wildman–Crippen MR) is 65.1 cm³/mol. The highest BCUT2D eigenvalue weighted by molar-refractivity contribution is 5.80. The van der Waals surface area contributed by atoms with Crippen molar-refractivity contribution in [2.45, 2.75) is 46.6 Å². The van der Waals surface area contributed by atoms with Crippen molar-refractivity contribution in [2.24, 2.45) is 16.7 Å². The molecule has 1 amide bonds. The third kappa shape index (κ3) is 1.75. The molecule has 1 heterocycles. The molecule has 1 unspecified atom stereocenters. The second-order valence-electron chi connectivity index (χ2n) is 6.43. The average molecular weight is 224 g/mol. The molecule has 2 rings (SSSR count). The van der Waals surface area contributed by atoms with Crippen molar-refractivity contribution in [1.82, 2.24) is 10.6 Å². The van der Waals surface area contributed by atoms with Gasteiger partial charge in [0.15, 0.2) is 0 Å². The third-order valence-electron chi connectivity index (χ3n) is 4.97. The molecule has 92 valence electrons. The van der Waals surface area contributed by atoms with E-state index in [-0.39, 0.29) is 22.7 Å². The van der Waals surface area contributed by atoms with Gasteiger partial charge in [-0.1, -0.05) is 27.7 Å². The van der Waals surface area contributed by atoms with E-state index in [4.69, 9.17) is 0 Å². The summed E-state index contributed by atoms with van der Waals surface area (Å²) in [6.45, 7) is 10.8. The topological polar surface area (TPSA) is 41.1 Å². The largest absolute Gasteiger partial charge is 0.352 e. The Labute approximate surface area is 98.4 Å². The van der Waals surface area contributed by atoms with Crippen LogP contribution in [0.5, 0.6) is 0 Å². The van der Waals surface area contributed by atoms with Crippen LogP contribution in [0.2, 0.25) is 0 Å². The Morgan fingerprint density at radius 1 is 1.25 bits per heavy atom. The standard InChI is InChI=1S/C13H24N2O/c1-12(2)11(13(12,3)4)15-10(16)9-6-5-7-14-8-9/h9,11,14H,5-8H2,1-4H3,(H,15,16). The third-order valence-corrected chi connectivity index (χ3v) is 4.97. The molecule has 0 bridgehead atoms. The van der Waals surface area contributed by atoms with Crippen molar-refractivity contribution >= 4 is 5.91 Å². The Hall–Kier alpha value is -0.570. The first-order valence-corrected chi connectivity index (χ1v) is 6.38. The zero-order valence-electron chi connectivity index (χ0n) is 10.9. The van der Waals surface area contributed by atoms with Gasteiger partial charge in [-0.25, -0.2) is 0 Å². The smallest absolute Gasteiger partial charge is 0.224 e. The van der Waals surface area contributed by atoms with E-state index in [1.807, 2.05) is 0 Å². The summed E-state index contributed by atoms with van der Waals surface area (Å²) in [5, 5.41) is 6.52. The number of carbonyl (C=O) groups is 1. The molecule has 1 aliphatic heterocycles. The summed E-state index contributed by atoms with van der Waals surface area (Å²) in [6.07, 6.45) is 2.15. The first-order valence-electron chi connectivity index (χ1n) is 6.38. The van der Waals surface area contributed by atoms with E-state index in [0.717, 1.165) is 25.9 Å². The summed E-state index contributed by atoms with van der Waals surface area (Å²) >= 11 is 0. The highest BCUT2D eigenvalue weighted by Crippen LogP contribution is 2.62. The molecular formula is C13H24N2O. The van der Waals surface area contributed by atoms with Crippen molar-refractivity contribution < 1.29 is 4.79 Å². The fraction of sp³-hybridized carbons (Fsp3) is 0.923. The molecule has 2 fully saturated rings. The van der Waals surface area contributed by atoms with Crippen molar-refractivity contribution in [3.05, 3.63) is 0 Å². The van der Waals surface area contributed by atoms with Gasteiger partial charge in [-0.3, -0.25) is 4.79 Å². The van der Waals surface area contributed by atoms with Crippen LogP contribution in [0.3, 0.4) is 0 Å². The summed E-state index contributed by atoms with van der Waals surface area (Å²) in [5.74, 6) is 0.428. The van der Waals surface area contributed by atoms with Crippen LogP contribution >= 0.6 is 0 Å². The van der Waals surface area contributed by atoms with Crippen molar-refractivity contribution in [2.75, 3.05) is 13.1 Å². The summed E-state index contributed by atoms with van der Waals surface area (Å²) in [6, 6.07) is 0.342. The number of hydrogen-bond acceptors (Lipinski definition) is 2. The van der Waals surface area contributed by atoms with Gasteiger partial charge >= 0.3 is 0 Å². The van der Waals surface area contributed by atoms with E-state index in [1.54, 1.807) is 0 Å². The molecule has 3 heteroatoms. The SMILES string of the molecule is CC1(C)C(NC(=O)C2CCCNC2)C1(C)C. The quantitative estimate of drug-likeness (QED) is 0.747. The van der Waals surface area contributed by atoms with Gasteiger partial charge in [-0.2, -0.15) is 0 Å². The molecule has 16 heavy (non-hydrogen) atoms. The molecule has 1 aliphatic carbocycles.